The highest BCUT2D eigenvalue weighted by Gasteiger charge is 2.25. The number of aromatic nitrogens is 1. The minimum absolute atomic E-state index is 0.257. The standard InChI is InChI=1S/C15H10N2O4/c18-14-11-8-4-5-9-12(11)16(10-6-2-1-3-7-10)15(19)13(14)17(20)21/h1-9,18H. The summed E-state index contributed by atoms with van der Waals surface area (Å²) in [4.78, 5) is 22.7. The highest BCUT2D eigenvalue weighted by Crippen LogP contribution is 2.31. The van der Waals surface area contributed by atoms with Crippen molar-refractivity contribution in [3.05, 3.63) is 75.1 Å². The Kier molecular flexibility index (Phi) is 2.91. The molecule has 0 bridgehead atoms. The molecule has 104 valence electrons. The minimum atomic E-state index is -0.859. The van der Waals surface area contributed by atoms with Crippen LogP contribution in [0.2, 0.25) is 0 Å². The number of fused-ring (bicyclic) bond motifs is 1. The SMILES string of the molecule is O=c1c([N+](=O)[O-])c(O)c2ccccc2n1-c1ccccc1. The van der Waals surface area contributed by atoms with Crippen LogP contribution in [0, 0.1) is 10.1 Å². The van der Waals surface area contributed by atoms with Crippen LogP contribution in [-0.4, -0.2) is 14.6 Å². The van der Waals surface area contributed by atoms with E-state index in [1.165, 1.54) is 10.6 Å². The first-order valence-corrected chi connectivity index (χ1v) is 6.18. The third kappa shape index (κ3) is 1.93. The maximum atomic E-state index is 12.4. The largest absolute Gasteiger partial charge is 0.501 e. The van der Waals surface area contributed by atoms with Gasteiger partial charge in [0.2, 0.25) is 5.75 Å². The Hall–Kier alpha value is -3.15. The summed E-state index contributed by atoms with van der Waals surface area (Å²) < 4.78 is 1.23. The maximum Gasteiger partial charge on any atom is 0.376 e. The van der Waals surface area contributed by atoms with Crippen molar-refractivity contribution >= 4 is 16.6 Å². The molecule has 0 spiro atoms. The topological polar surface area (TPSA) is 85.4 Å². The Bertz CT molecular complexity index is 901. The molecule has 0 atom stereocenters. The van der Waals surface area contributed by atoms with Crippen LogP contribution in [0.5, 0.6) is 5.75 Å². The van der Waals surface area contributed by atoms with E-state index in [0.717, 1.165) is 0 Å². The van der Waals surface area contributed by atoms with Gasteiger partial charge in [0.25, 0.3) is 0 Å². The molecule has 0 amide bonds. The van der Waals surface area contributed by atoms with E-state index in [-0.39, 0.29) is 5.39 Å². The van der Waals surface area contributed by atoms with Gasteiger partial charge in [-0.25, -0.2) is 0 Å². The molecule has 3 aromatic rings. The van der Waals surface area contributed by atoms with E-state index in [2.05, 4.69) is 0 Å². The predicted octanol–water partition coefficient (Wildman–Crippen LogP) is 2.60. The fourth-order valence-corrected chi connectivity index (χ4v) is 2.31. The monoisotopic (exact) mass is 282 g/mol. The summed E-state index contributed by atoms with van der Waals surface area (Å²) in [5, 5.41) is 21.4. The van der Waals surface area contributed by atoms with Gasteiger partial charge in [0.05, 0.1) is 10.4 Å². The molecule has 0 aliphatic heterocycles. The number of benzene rings is 2. The summed E-state index contributed by atoms with van der Waals surface area (Å²) in [5.74, 6) is -0.604. The lowest BCUT2D eigenvalue weighted by atomic mass is 10.1. The Balaban J connectivity index is 2.55. The van der Waals surface area contributed by atoms with E-state index in [4.69, 9.17) is 0 Å². The molecule has 21 heavy (non-hydrogen) atoms. The Morgan fingerprint density at radius 1 is 1.00 bits per heavy atom. The average molecular weight is 282 g/mol. The molecule has 6 nitrogen and oxygen atoms in total. The normalized spacial score (nSPS) is 10.7. The molecule has 0 saturated carbocycles. The third-order valence-corrected chi connectivity index (χ3v) is 3.23. The quantitative estimate of drug-likeness (QED) is 0.578. The van der Waals surface area contributed by atoms with Gasteiger partial charge >= 0.3 is 11.2 Å². The van der Waals surface area contributed by atoms with Crippen molar-refractivity contribution in [2.24, 2.45) is 0 Å². The van der Waals surface area contributed by atoms with Crippen molar-refractivity contribution in [3.8, 4) is 11.4 Å². The molecular weight excluding hydrogens is 272 g/mol. The van der Waals surface area contributed by atoms with Crippen LogP contribution in [0.3, 0.4) is 0 Å². The highest BCUT2D eigenvalue weighted by atomic mass is 16.6. The van der Waals surface area contributed by atoms with Gasteiger partial charge in [0, 0.05) is 11.1 Å². The van der Waals surface area contributed by atoms with Gasteiger partial charge in [0.15, 0.2) is 0 Å². The molecule has 0 fully saturated rings. The number of hydrogen-bond donors (Lipinski definition) is 1. The third-order valence-electron chi connectivity index (χ3n) is 3.23. The minimum Gasteiger partial charge on any atom is -0.501 e. The Labute approximate surface area is 118 Å². The van der Waals surface area contributed by atoms with E-state index < -0.39 is 21.9 Å². The average Bonchev–Trinajstić information content (AvgIpc) is 2.48. The lowest BCUT2D eigenvalue weighted by molar-refractivity contribution is -0.387. The van der Waals surface area contributed by atoms with Crippen molar-refractivity contribution < 1.29 is 10.0 Å². The summed E-state index contributed by atoms with van der Waals surface area (Å²) in [6.45, 7) is 0. The van der Waals surface area contributed by atoms with Crippen LogP contribution >= 0.6 is 0 Å². The number of para-hydroxylation sites is 2. The summed E-state index contributed by atoms with van der Waals surface area (Å²) in [7, 11) is 0. The maximum absolute atomic E-state index is 12.4. The molecule has 0 radical (unpaired) electrons. The van der Waals surface area contributed by atoms with Crippen molar-refractivity contribution in [2.75, 3.05) is 0 Å². The second kappa shape index (κ2) is 4.75. The van der Waals surface area contributed by atoms with Crippen molar-refractivity contribution in [1.82, 2.24) is 4.57 Å². The molecule has 0 aliphatic carbocycles. The lowest BCUT2D eigenvalue weighted by Gasteiger charge is -2.11. The molecule has 1 heterocycles. The second-order valence-electron chi connectivity index (χ2n) is 4.45. The van der Waals surface area contributed by atoms with Gasteiger partial charge in [0.1, 0.15) is 0 Å². The van der Waals surface area contributed by atoms with Gasteiger partial charge in [-0.1, -0.05) is 30.3 Å². The van der Waals surface area contributed by atoms with Gasteiger partial charge in [-0.15, -0.1) is 0 Å². The van der Waals surface area contributed by atoms with Crippen molar-refractivity contribution in [3.63, 3.8) is 0 Å². The Morgan fingerprint density at radius 2 is 1.62 bits per heavy atom. The van der Waals surface area contributed by atoms with Gasteiger partial charge < -0.3 is 5.11 Å². The second-order valence-corrected chi connectivity index (χ2v) is 4.45. The highest BCUT2D eigenvalue weighted by molar-refractivity contribution is 5.89. The molecule has 2 aromatic carbocycles. The number of hydrogen-bond acceptors (Lipinski definition) is 4. The van der Waals surface area contributed by atoms with E-state index in [1.54, 1.807) is 48.5 Å². The lowest BCUT2D eigenvalue weighted by Crippen LogP contribution is -2.21. The van der Waals surface area contributed by atoms with E-state index in [0.29, 0.717) is 11.2 Å². The molecular formula is C15H10N2O4. The van der Waals surface area contributed by atoms with E-state index in [1.807, 2.05) is 0 Å². The Morgan fingerprint density at radius 3 is 2.29 bits per heavy atom. The van der Waals surface area contributed by atoms with Crippen LogP contribution in [0.1, 0.15) is 0 Å². The molecule has 1 N–H and O–H groups in total. The molecule has 3 rings (SSSR count). The fourth-order valence-electron chi connectivity index (χ4n) is 2.31. The molecule has 0 unspecified atom stereocenters. The van der Waals surface area contributed by atoms with Crippen LogP contribution in [0.15, 0.2) is 59.4 Å². The van der Waals surface area contributed by atoms with Gasteiger partial charge in [-0.3, -0.25) is 19.5 Å². The van der Waals surface area contributed by atoms with Crippen LogP contribution in [-0.2, 0) is 0 Å². The van der Waals surface area contributed by atoms with E-state index in [9.17, 15) is 20.0 Å². The summed E-state index contributed by atoms with van der Waals surface area (Å²) in [6, 6.07) is 15.1. The number of aromatic hydroxyl groups is 1. The van der Waals surface area contributed by atoms with Crippen LogP contribution in [0.4, 0.5) is 5.69 Å². The van der Waals surface area contributed by atoms with Gasteiger partial charge in [-0.05, 0) is 24.3 Å². The first kappa shape index (κ1) is 12.9. The van der Waals surface area contributed by atoms with Crippen molar-refractivity contribution in [1.29, 1.82) is 0 Å². The zero-order valence-corrected chi connectivity index (χ0v) is 10.8. The summed E-state index contributed by atoms with van der Waals surface area (Å²) >= 11 is 0. The zero-order chi connectivity index (χ0) is 15.0. The smallest absolute Gasteiger partial charge is 0.376 e. The van der Waals surface area contributed by atoms with Crippen LogP contribution < -0.4 is 5.56 Å². The number of rotatable bonds is 2. The predicted molar refractivity (Wildman–Crippen MR) is 77.9 cm³/mol. The van der Waals surface area contributed by atoms with E-state index >= 15 is 0 Å². The first-order chi connectivity index (χ1) is 10.1. The van der Waals surface area contributed by atoms with Crippen molar-refractivity contribution in [2.45, 2.75) is 0 Å². The number of nitrogens with zero attached hydrogens (tertiary/aromatic N) is 2. The number of pyridine rings is 1. The molecule has 0 saturated heterocycles. The molecule has 1 aromatic heterocycles. The molecule has 6 heteroatoms. The first-order valence-electron chi connectivity index (χ1n) is 6.18. The fraction of sp³-hybridized carbons (Fsp3) is 0. The molecule has 0 aliphatic rings. The summed E-state index contributed by atoms with van der Waals surface area (Å²) in [6.07, 6.45) is 0. The summed E-state index contributed by atoms with van der Waals surface area (Å²) in [5.41, 5.74) is -0.765. The van der Waals surface area contributed by atoms with Gasteiger partial charge in [-0.2, -0.15) is 0 Å². The van der Waals surface area contributed by atoms with Crippen LogP contribution in [0.25, 0.3) is 16.6 Å². The number of nitro groups is 1. The zero-order valence-electron chi connectivity index (χ0n) is 10.8.